The number of hydrogen-bond donors (Lipinski definition) is 2. The zero-order valence-corrected chi connectivity index (χ0v) is 20.0. The number of halogens is 6. The van der Waals surface area contributed by atoms with Gasteiger partial charge in [0.25, 0.3) is 5.91 Å². The number of ether oxygens (including phenoxy) is 1. The first-order chi connectivity index (χ1) is 18.0. The Morgan fingerprint density at radius 3 is 2.00 bits per heavy atom. The normalized spacial score (nSPS) is 15.2. The van der Waals surface area contributed by atoms with Crippen molar-refractivity contribution in [1.29, 1.82) is 0 Å². The van der Waals surface area contributed by atoms with Crippen LogP contribution in [0.2, 0.25) is 0 Å². The molecule has 2 amide bonds. The smallest absolute Gasteiger partial charge is 0.258 e. The molecule has 0 aliphatic carbocycles. The zero-order chi connectivity index (χ0) is 27.7. The van der Waals surface area contributed by atoms with Crippen LogP contribution in [0.5, 0.6) is 5.75 Å². The lowest BCUT2D eigenvalue weighted by Crippen LogP contribution is -2.42. The first kappa shape index (κ1) is 26.7. The van der Waals surface area contributed by atoms with E-state index in [0.29, 0.717) is 16.4 Å². The summed E-state index contributed by atoms with van der Waals surface area (Å²) in [6, 6.07) is 8.90. The molecular formula is C24H16F6N4O3S. The highest BCUT2D eigenvalue weighted by Gasteiger charge is 2.45. The summed E-state index contributed by atoms with van der Waals surface area (Å²) in [6.45, 7) is 0. The molecule has 4 rings (SSSR count). The van der Waals surface area contributed by atoms with Crippen molar-refractivity contribution in [2.45, 2.75) is 12.5 Å². The topological polar surface area (TPSA) is 73.9 Å². The fourth-order valence-corrected chi connectivity index (χ4v) is 3.98. The Hall–Kier alpha value is -4.33. The molecule has 198 valence electrons. The summed E-state index contributed by atoms with van der Waals surface area (Å²) >= 11 is 5.24. The molecule has 1 aliphatic heterocycles. The van der Waals surface area contributed by atoms with E-state index in [1.807, 2.05) is 5.43 Å². The van der Waals surface area contributed by atoms with E-state index in [4.69, 9.17) is 17.0 Å². The van der Waals surface area contributed by atoms with Gasteiger partial charge in [-0.2, -0.15) is 0 Å². The molecule has 2 N–H and O–H groups in total. The highest BCUT2D eigenvalue weighted by Crippen LogP contribution is 2.32. The fraction of sp³-hybridized carbons (Fsp3) is 0.125. The van der Waals surface area contributed by atoms with Gasteiger partial charge in [-0.25, -0.2) is 31.4 Å². The fourth-order valence-electron chi connectivity index (χ4n) is 3.61. The van der Waals surface area contributed by atoms with Crippen molar-refractivity contribution >= 4 is 46.2 Å². The Labute approximate surface area is 216 Å². The SMILES string of the molecule is COc1ccc(NC(=O)CC2C(=O)N(c3ccc(F)cc3)C(=S)N2Nc2c(F)c(F)c(F)c(F)c2F)cc1. The molecule has 1 fully saturated rings. The van der Waals surface area contributed by atoms with Crippen LogP contribution in [-0.2, 0) is 9.59 Å². The molecule has 3 aromatic rings. The lowest BCUT2D eigenvalue weighted by molar-refractivity contribution is -0.124. The molecule has 0 saturated carbocycles. The minimum Gasteiger partial charge on any atom is -0.497 e. The van der Waals surface area contributed by atoms with Gasteiger partial charge < -0.3 is 10.1 Å². The summed E-state index contributed by atoms with van der Waals surface area (Å²) in [4.78, 5) is 26.9. The molecule has 7 nitrogen and oxygen atoms in total. The van der Waals surface area contributed by atoms with Gasteiger partial charge in [-0.1, -0.05) is 0 Å². The van der Waals surface area contributed by atoms with E-state index < -0.39 is 70.0 Å². The summed E-state index contributed by atoms with van der Waals surface area (Å²) < 4.78 is 88.4. The second-order valence-corrected chi connectivity index (χ2v) is 8.22. The maximum absolute atomic E-state index is 14.4. The Morgan fingerprint density at radius 2 is 1.45 bits per heavy atom. The number of amides is 2. The summed E-state index contributed by atoms with van der Waals surface area (Å²) in [5.74, 6) is -13.0. The molecule has 3 aromatic carbocycles. The van der Waals surface area contributed by atoms with Gasteiger partial charge in [-0.05, 0) is 60.7 Å². The molecular weight excluding hydrogens is 538 g/mol. The summed E-state index contributed by atoms with van der Waals surface area (Å²) in [5.41, 5.74) is 0.836. The molecule has 1 atom stereocenters. The van der Waals surface area contributed by atoms with Crippen LogP contribution in [0.4, 0.5) is 43.4 Å². The van der Waals surface area contributed by atoms with Gasteiger partial charge in [-0.15, -0.1) is 0 Å². The van der Waals surface area contributed by atoms with Crippen LogP contribution in [0.15, 0.2) is 48.5 Å². The Balaban J connectivity index is 1.68. The first-order valence-electron chi connectivity index (χ1n) is 10.7. The lowest BCUT2D eigenvalue weighted by Gasteiger charge is -2.26. The van der Waals surface area contributed by atoms with Crippen LogP contribution >= 0.6 is 12.2 Å². The third kappa shape index (κ3) is 4.94. The van der Waals surface area contributed by atoms with Crippen LogP contribution in [0.3, 0.4) is 0 Å². The van der Waals surface area contributed by atoms with Gasteiger partial charge in [-0.3, -0.25) is 19.9 Å². The summed E-state index contributed by atoms with van der Waals surface area (Å²) in [5, 5.41) is 2.66. The van der Waals surface area contributed by atoms with Crippen molar-refractivity contribution in [3.8, 4) is 5.75 Å². The summed E-state index contributed by atoms with van der Waals surface area (Å²) in [7, 11) is 1.45. The molecule has 1 heterocycles. The quantitative estimate of drug-likeness (QED) is 0.188. The number of rotatable bonds is 7. The van der Waals surface area contributed by atoms with Crippen molar-refractivity contribution in [2.75, 3.05) is 22.8 Å². The van der Waals surface area contributed by atoms with E-state index in [0.717, 1.165) is 17.0 Å². The number of hydrazine groups is 1. The van der Waals surface area contributed by atoms with Crippen molar-refractivity contribution < 1.29 is 40.7 Å². The number of methoxy groups -OCH3 is 1. The third-order valence-electron chi connectivity index (χ3n) is 5.49. The van der Waals surface area contributed by atoms with E-state index in [-0.39, 0.29) is 5.69 Å². The van der Waals surface area contributed by atoms with Crippen molar-refractivity contribution in [2.24, 2.45) is 0 Å². The largest absolute Gasteiger partial charge is 0.497 e. The van der Waals surface area contributed by atoms with Gasteiger partial charge in [0, 0.05) is 5.69 Å². The second kappa shape index (κ2) is 10.6. The average Bonchev–Trinajstić information content (AvgIpc) is 3.13. The highest BCUT2D eigenvalue weighted by atomic mass is 32.1. The van der Waals surface area contributed by atoms with E-state index >= 15 is 0 Å². The molecule has 0 spiro atoms. The van der Waals surface area contributed by atoms with Crippen LogP contribution in [0.1, 0.15) is 6.42 Å². The molecule has 14 heteroatoms. The minimum atomic E-state index is -2.38. The number of thiocarbonyl (C=S) groups is 1. The number of nitrogens with one attached hydrogen (secondary N) is 2. The van der Waals surface area contributed by atoms with Gasteiger partial charge in [0.2, 0.25) is 16.8 Å². The van der Waals surface area contributed by atoms with Gasteiger partial charge in [0.1, 0.15) is 23.3 Å². The predicted molar refractivity (Wildman–Crippen MR) is 128 cm³/mol. The molecule has 0 bridgehead atoms. The number of carbonyl (C=O) groups excluding carboxylic acids is 2. The van der Waals surface area contributed by atoms with E-state index in [1.54, 1.807) is 12.1 Å². The Kier molecular flexibility index (Phi) is 7.44. The number of anilines is 3. The number of hydrogen-bond acceptors (Lipinski definition) is 5. The number of nitrogens with zero attached hydrogens (tertiary/aromatic N) is 2. The molecule has 38 heavy (non-hydrogen) atoms. The molecule has 1 aliphatic rings. The van der Waals surface area contributed by atoms with Crippen molar-refractivity contribution in [3.63, 3.8) is 0 Å². The lowest BCUT2D eigenvalue weighted by atomic mass is 10.1. The maximum atomic E-state index is 14.4. The van der Waals surface area contributed by atoms with Gasteiger partial charge >= 0.3 is 0 Å². The molecule has 1 unspecified atom stereocenters. The molecule has 0 radical (unpaired) electrons. The van der Waals surface area contributed by atoms with Crippen LogP contribution in [-0.4, -0.2) is 35.1 Å². The predicted octanol–water partition coefficient (Wildman–Crippen LogP) is 4.89. The van der Waals surface area contributed by atoms with E-state index in [2.05, 4.69) is 5.32 Å². The molecule has 0 aromatic heterocycles. The minimum absolute atomic E-state index is 0.0312. The van der Waals surface area contributed by atoms with Crippen LogP contribution in [0, 0.1) is 34.9 Å². The van der Waals surface area contributed by atoms with Crippen LogP contribution in [0.25, 0.3) is 0 Å². The first-order valence-corrected chi connectivity index (χ1v) is 11.1. The van der Waals surface area contributed by atoms with Gasteiger partial charge in [0.15, 0.2) is 23.3 Å². The second-order valence-electron chi connectivity index (χ2n) is 7.86. The standard InChI is InChI=1S/C24H16F6N4O3S/c1-37-14-8-4-12(5-9-14)31-16(35)10-15-23(36)33(13-6-2-11(25)3-7-13)24(38)34(15)32-22-20(29)18(27)17(26)19(28)21(22)30/h2-9,15,32H,10H2,1H3,(H,31,35). The average molecular weight is 554 g/mol. The highest BCUT2D eigenvalue weighted by molar-refractivity contribution is 7.80. The Morgan fingerprint density at radius 1 is 0.895 bits per heavy atom. The van der Waals surface area contributed by atoms with E-state index in [9.17, 15) is 35.9 Å². The number of carbonyl (C=O) groups is 2. The van der Waals surface area contributed by atoms with Crippen molar-refractivity contribution in [1.82, 2.24) is 5.01 Å². The van der Waals surface area contributed by atoms with E-state index in [1.165, 1.54) is 31.4 Å². The number of benzene rings is 3. The van der Waals surface area contributed by atoms with Gasteiger partial charge in [0.05, 0.1) is 19.2 Å². The third-order valence-corrected chi connectivity index (χ3v) is 5.87. The van der Waals surface area contributed by atoms with Crippen molar-refractivity contribution in [3.05, 3.63) is 83.4 Å². The molecule has 1 saturated heterocycles. The maximum Gasteiger partial charge on any atom is 0.258 e. The monoisotopic (exact) mass is 554 g/mol. The zero-order valence-electron chi connectivity index (χ0n) is 19.2. The van der Waals surface area contributed by atoms with Crippen LogP contribution < -0.4 is 20.4 Å². The Bertz CT molecular complexity index is 1390. The summed E-state index contributed by atoms with van der Waals surface area (Å²) in [6.07, 6.45) is -0.662.